The van der Waals surface area contributed by atoms with Crippen LogP contribution in [0.2, 0.25) is 0 Å². The number of fused-ring (bicyclic) bond motifs is 1. The highest BCUT2D eigenvalue weighted by Crippen LogP contribution is 2.36. The van der Waals surface area contributed by atoms with E-state index in [0.717, 1.165) is 66.8 Å². The van der Waals surface area contributed by atoms with E-state index in [1.807, 2.05) is 44.6 Å². The zero-order valence-electron chi connectivity index (χ0n) is 22.0. The summed E-state index contributed by atoms with van der Waals surface area (Å²) in [7, 11) is 5.86. The molecule has 4 aromatic heterocycles. The van der Waals surface area contributed by atoms with Crippen LogP contribution in [0.5, 0.6) is 5.88 Å². The summed E-state index contributed by atoms with van der Waals surface area (Å²) >= 11 is 0. The Morgan fingerprint density at radius 2 is 1.95 bits per heavy atom. The van der Waals surface area contributed by atoms with Crippen LogP contribution in [-0.4, -0.2) is 72.5 Å². The molecule has 0 radical (unpaired) electrons. The second-order valence-corrected chi connectivity index (χ2v) is 9.90. The molecular weight excluding hydrogens is 470 g/mol. The van der Waals surface area contributed by atoms with Crippen LogP contribution in [0, 0.1) is 0 Å². The van der Waals surface area contributed by atoms with E-state index in [-0.39, 0.29) is 17.7 Å². The smallest absolute Gasteiger partial charge is 0.267 e. The number of nitrogens with one attached hydrogen (secondary N) is 1. The molecule has 37 heavy (non-hydrogen) atoms. The van der Waals surface area contributed by atoms with Gasteiger partial charge in [-0.3, -0.25) is 14.2 Å². The van der Waals surface area contributed by atoms with Gasteiger partial charge in [-0.1, -0.05) is 0 Å². The van der Waals surface area contributed by atoms with Crippen molar-refractivity contribution < 1.29 is 4.74 Å². The van der Waals surface area contributed by atoms with E-state index in [2.05, 4.69) is 38.2 Å². The fourth-order valence-electron chi connectivity index (χ4n) is 4.87. The molecular formula is C26H35N9O2. The Balaban J connectivity index is 1.33. The number of aromatic nitrogens is 7. The summed E-state index contributed by atoms with van der Waals surface area (Å²) in [5.74, 6) is 1.35. The highest BCUT2D eigenvalue weighted by atomic mass is 16.5. The fraction of sp³-hybridized carbons (Fsp3) is 0.500. The van der Waals surface area contributed by atoms with Crippen molar-refractivity contribution in [1.82, 2.24) is 39.2 Å². The topological polar surface area (TPSA) is 108 Å². The monoisotopic (exact) mass is 505 g/mol. The lowest BCUT2D eigenvalue weighted by Crippen LogP contribution is -2.30. The van der Waals surface area contributed by atoms with Gasteiger partial charge in [0.1, 0.15) is 17.6 Å². The first-order valence-corrected chi connectivity index (χ1v) is 12.9. The summed E-state index contributed by atoms with van der Waals surface area (Å²) < 4.78 is 11.6. The van der Waals surface area contributed by atoms with Gasteiger partial charge in [0, 0.05) is 61.7 Å². The predicted octanol–water partition coefficient (Wildman–Crippen LogP) is 2.94. The molecule has 1 aliphatic rings. The molecule has 1 N–H and O–H groups in total. The lowest BCUT2D eigenvalue weighted by Gasteiger charge is -2.29. The molecule has 0 aromatic carbocycles. The highest BCUT2D eigenvalue weighted by Gasteiger charge is 2.27. The molecule has 1 fully saturated rings. The second-order valence-electron chi connectivity index (χ2n) is 9.90. The summed E-state index contributed by atoms with van der Waals surface area (Å²) in [6, 6.07) is 5.56. The standard InChI is InChI=1S/C26H35N9O2/c1-5-27-23-14-22-21(16-28-23)26(18-15-29-33(4)17-18)31-35(22)19-6-8-20(9-7-19)37-24-10-11-25(36)34(30-24)13-12-32(2)3/h10-11,14-17,19-20H,5-9,12-13H2,1-4H3,(H,27,28)/t19-,20+. The third-order valence-electron chi connectivity index (χ3n) is 6.81. The molecule has 1 saturated carbocycles. The molecule has 0 spiro atoms. The minimum atomic E-state index is -0.112. The van der Waals surface area contributed by atoms with E-state index in [1.165, 1.54) is 10.7 Å². The SMILES string of the molecule is CCNc1cc2c(cn1)c(-c1cnn(C)c1)nn2[C@H]1CC[C@@H](Oc2ccc(=O)n(CCN(C)C)n2)CC1. The van der Waals surface area contributed by atoms with Crippen LogP contribution >= 0.6 is 0 Å². The van der Waals surface area contributed by atoms with E-state index < -0.39 is 0 Å². The Morgan fingerprint density at radius 1 is 1.14 bits per heavy atom. The maximum Gasteiger partial charge on any atom is 0.267 e. The van der Waals surface area contributed by atoms with Crippen molar-refractivity contribution >= 4 is 16.7 Å². The predicted molar refractivity (Wildman–Crippen MR) is 143 cm³/mol. The van der Waals surface area contributed by atoms with Crippen LogP contribution in [0.1, 0.15) is 38.6 Å². The van der Waals surface area contributed by atoms with Crippen LogP contribution in [0.25, 0.3) is 22.2 Å². The molecule has 4 heterocycles. The van der Waals surface area contributed by atoms with Crippen molar-refractivity contribution in [2.45, 2.75) is 51.3 Å². The molecule has 11 heteroatoms. The number of aryl methyl sites for hydroxylation is 1. The minimum Gasteiger partial charge on any atom is -0.473 e. The van der Waals surface area contributed by atoms with Crippen molar-refractivity contribution in [2.75, 3.05) is 32.5 Å². The lowest BCUT2D eigenvalue weighted by molar-refractivity contribution is 0.122. The number of nitrogens with zero attached hydrogens (tertiary/aromatic N) is 8. The minimum absolute atomic E-state index is 0.0576. The zero-order chi connectivity index (χ0) is 25.9. The van der Waals surface area contributed by atoms with Crippen molar-refractivity contribution in [3.8, 4) is 17.1 Å². The summed E-state index contributed by atoms with van der Waals surface area (Å²) in [6.45, 7) is 4.15. The van der Waals surface area contributed by atoms with Gasteiger partial charge < -0.3 is 15.0 Å². The van der Waals surface area contributed by atoms with Gasteiger partial charge in [0.15, 0.2) is 0 Å². The van der Waals surface area contributed by atoms with E-state index in [0.29, 0.717) is 12.4 Å². The quantitative estimate of drug-likeness (QED) is 0.370. The lowest BCUT2D eigenvalue weighted by atomic mass is 9.93. The molecule has 196 valence electrons. The molecule has 0 unspecified atom stereocenters. The number of anilines is 1. The van der Waals surface area contributed by atoms with Gasteiger partial charge in [-0.05, 0) is 46.7 Å². The third kappa shape index (κ3) is 5.51. The van der Waals surface area contributed by atoms with Gasteiger partial charge in [-0.2, -0.15) is 10.2 Å². The summed E-state index contributed by atoms with van der Waals surface area (Å²) in [6.07, 6.45) is 9.45. The third-order valence-corrected chi connectivity index (χ3v) is 6.81. The number of hydrogen-bond acceptors (Lipinski definition) is 8. The van der Waals surface area contributed by atoms with Crippen LogP contribution in [0.3, 0.4) is 0 Å². The molecule has 0 amide bonds. The van der Waals surface area contributed by atoms with Gasteiger partial charge in [0.2, 0.25) is 5.88 Å². The summed E-state index contributed by atoms with van der Waals surface area (Å²) in [5.41, 5.74) is 2.85. The number of ether oxygens (including phenoxy) is 1. The Bertz CT molecular complexity index is 1410. The molecule has 0 saturated heterocycles. The van der Waals surface area contributed by atoms with Crippen LogP contribution in [-0.2, 0) is 13.6 Å². The van der Waals surface area contributed by atoms with Gasteiger partial charge in [0.25, 0.3) is 5.56 Å². The van der Waals surface area contributed by atoms with Crippen LogP contribution in [0.15, 0.2) is 41.6 Å². The number of hydrogen-bond donors (Lipinski definition) is 1. The Kier molecular flexibility index (Phi) is 7.22. The molecule has 0 bridgehead atoms. The first-order chi connectivity index (χ1) is 17.9. The largest absolute Gasteiger partial charge is 0.473 e. The van der Waals surface area contributed by atoms with Crippen molar-refractivity contribution in [2.24, 2.45) is 7.05 Å². The van der Waals surface area contributed by atoms with Gasteiger partial charge in [0.05, 0.1) is 24.3 Å². The first-order valence-electron chi connectivity index (χ1n) is 12.9. The molecule has 0 aliphatic heterocycles. The van der Waals surface area contributed by atoms with E-state index >= 15 is 0 Å². The Morgan fingerprint density at radius 3 is 2.65 bits per heavy atom. The second kappa shape index (κ2) is 10.7. The number of pyridine rings is 1. The van der Waals surface area contributed by atoms with Crippen LogP contribution < -0.4 is 15.6 Å². The Hall–Kier alpha value is -3.73. The normalized spacial score (nSPS) is 18.0. The van der Waals surface area contributed by atoms with Crippen molar-refractivity contribution in [1.29, 1.82) is 0 Å². The summed E-state index contributed by atoms with van der Waals surface area (Å²) in [5, 5.41) is 18.2. The highest BCUT2D eigenvalue weighted by molar-refractivity contribution is 5.93. The fourth-order valence-corrected chi connectivity index (χ4v) is 4.87. The molecule has 0 atom stereocenters. The maximum atomic E-state index is 12.2. The first kappa shape index (κ1) is 24.9. The zero-order valence-corrected chi connectivity index (χ0v) is 22.0. The van der Waals surface area contributed by atoms with E-state index in [1.54, 1.807) is 10.7 Å². The van der Waals surface area contributed by atoms with Gasteiger partial charge in [-0.25, -0.2) is 9.67 Å². The maximum absolute atomic E-state index is 12.2. The van der Waals surface area contributed by atoms with Gasteiger partial charge >= 0.3 is 0 Å². The molecule has 11 nitrogen and oxygen atoms in total. The average molecular weight is 506 g/mol. The number of likely N-dealkylation sites (N-methyl/N-ethyl adjacent to an activating group) is 1. The van der Waals surface area contributed by atoms with Crippen molar-refractivity contribution in [3.63, 3.8) is 0 Å². The van der Waals surface area contributed by atoms with Crippen molar-refractivity contribution in [3.05, 3.63) is 47.1 Å². The van der Waals surface area contributed by atoms with Crippen LogP contribution in [0.4, 0.5) is 5.82 Å². The van der Waals surface area contributed by atoms with E-state index in [9.17, 15) is 4.79 Å². The Labute approximate surface area is 216 Å². The molecule has 4 aromatic rings. The average Bonchev–Trinajstić information content (AvgIpc) is 3.48. The number of rotatable bonds is 9. The molecule has 5 rings (SSSR count). The molecule has 1 aliphatic carbocycles. The van der Waals surface area contributed by atoms with Gasteiger partial charge in [-0.15, -0.1) is 5.10 Å². The van der Waals surface area contributed by atoms with E-state index in [4.69, 9.17) is 9.84 Å². The summed E-state index contributed by atoms with van der Waals surface area (Å²) in [4.78, 5) is 18.8.